The fourth-order valence-electron chi connectivity index (χ4n) is 2.93. The second kappa shape index (κ2) is 6.48. The summed E-state index contributed by atoms with van der Waals surface area (Å²) in [5.41, 5.74) is 3.09. The normalized spacial score (nSPS) is 17.1. The maximum Gasteiger partial charge on any atom is 0.223 e. The number of imidazole rings is 1. The van der Waals surface area contributed by atoms with E-state index in [4.69, 9.17) is 0 Å². The van der Waals surface area contributed by atoms with Crippen LogP contribution in [-0.4, -0.2) is 25.8 Å². The molecule has 0 radical (unpaired) electrons. The third-order valence-corrected chi connectivity index (χ3v) is 4.26. The van der Waals surface area contributed by atoms with E-state index in [1.165, 1.54) is 0 Å². The molecular weight excluding hydrogens is 290 g/mol. The van der Waals surface area contributed by atoms with E-state index in [1.807, 2.05) is 13.0 Å². The summed E-state index contributed by atoms with van der Waals surface area (Å²) in [6.45, 7) is 6.54. The number of aromatic nitrogens is 4. The molecule has 0 aliphatic heterocycles. The molecule has 1 aliphatic rings. The third-order valence-electron chi connectivity index (χ3n) is 4.26. The monoisotopic (exact) mass is 313 g/mol. The number of aromatic amines is 1. The zero-order valence-corrected chi connectivity index (χ0v) is 13.9. The summed E-state index contributed by atoms with van der Waals surface area (Å²) in [4.78, 5) is 28.8. The van der Waals surface area contributed by atoms with Crippen molar-refractivity contribution in [3.63, 3.8) is 0 Å². The summed E-state index contributed by atoms with van der Waals surface area (Å²) in [7, 11) is 0. The number of hydrogen-bond donors (Lipinski definition) is 2. The summed E-state index contributed by atoms with van der Waals surface area (Å²) in [5, 5.41) is 2.99. The van der Waals surface area contributed by atoms with Crippen molar-refractivity contribution in [1.29, 1.82) is 0 Å². The molecule has 1 atom stereocenters. The van der Waals surface area contributed by atoms with Crippen LogP contribution < -0.4 is 5.32 Å². The highest BCUT2D eigenvalue weighted by Gasteiger charge is 2.27. The average molecular weight is 313 g/mol. The van der Waals surface area contributed by atoms with Crippen LogP contribution in [0.15, 0.2) is 12.3 Å². The Labute approximate surface area is 136 Å². The number of nitrogens with zero attached hydrogens (tertiary/aromatic N) is 3. The van der Waals surface area contributed by atoms with E-state index in [2.05, 4.69) is 39.1 Å². The van der Waals surface area contributed by atoms with Gasteiger partial charge in [0.15, 0.2) is 0 Å². The van der Waals surface area contributed by atoms with Gasteiger partial charge in [-0.25, -0.2) is 15.0 Å². The first kappa shape index (κ1) is 15.6. The maximum absolute atomic E-state index is 12.4. The largest absolute Gasteiger partial charge is 0.350 e. The molecule has 122 valence electrons. The topological polar surface area (TPSA) is 83.6 Å². The van der Waals surface area contributed by atoms with Crippen LogP contribution in [0.25, 0.3) is 0 Å². The lowest BCUT2D eigenvalue weighted by Crippen LogP contribution is -2.34. The molecule has 2 aromatic heterocycles. The first-order valence-corrected chi connectivity index (χ1v) is 8.17. The molecule has 0 saturated heterocycles. The minimum absolute atomic E-state index is 0.00546. The highest BCUT2D eigenvalue weighted by atomic mass is 16.1. The Bertz CT molecular complexity index is 707. The maximum atomic E-state index is 12.4. The number of amides is 1. The first-order valence-electron chi connectivity index (χ1n) is 8.17. The minimum Gasteiger partial charge on any atom is -0.350 e. The molecular formula is C17H23N5O. The number of H-pyrrole nitrogens is 1. The van der Waals surface area contributed by atoms with E-state index in [9.17, 15) is 4.79 Å². The number of nitrogens with one attached hydrogen (secondary N) is 2. The van der Waals surface area contributed by atoms with Crippen LogP contribution in [0, 0.1) is 12.8 Å². The van der Waals surface area contributed by atoms with Crippen molar-refractivity contribution in [1.82, 2.24) is 25.3 Å². The zero-order chi connectivity index (χ0) is 16.4. The predicted octanol–water partition coefficient (Wildman–Crippen LogP) is 2.05. The lowest BCUT2D eigenvalue weighted by atomic mass is 9.89. The molecule has 3 rings (SSSR count). The van der Waals surface area contributed by atoms with Crippen molar-refractivity contribution in [2.75, 3.05) is 0 Å². The zero-order valence-electron chi connectivity index (χ0n) is 13.9. The number of fused-ring (bicyclic) bond motifs is 1. The SMILES string of the molecule is Cc1nccc(CNC(=O)C2CCc3nc(C(C)C)[nH]c3C2)n1. The molecule has 1 unspecified atom stereocenters. The van der Waals surface area contributed by atoms with Crippen LogP contribution >= 0.6 is 0 Å². The molecule has 2 heterocycles. The van der Waals surface area contributed by atoms with Crippen molar-refractivity contribution >= 4 is 5.91 Å². The second-order valence-electron chi connectivity index (χ2n) is 6.45. The Kier molecular flexibility index (Phi) is 4.41. The van der Waals surface area contributed by atoms with Crippen molar-refractivity contribution in [3.8, 4) is 0 Å². The van der Waals surface area contributed by atoms with Gasteiger partial charge in [0.2, 0.25) is 5.91 Å². The summed E-state index contributed by atoms with van der Waals surface area (Å²) in [6.07, 6.45) is 4.17. The van der Waals surface area contributed by atoms with Crippen molar-refractivity contribution in [3.05, 3.63) is 41.0 Å². The molecule has 6 nitrogen and oxygen atoms in total. The Morgan fingerprint density at radius 3 is 3.00 bits per heavy atom. The predicted molar refractivity (Wildman–Crippen MR) is 86.8 cm³/mol. The van der Waals surface area contributed by atoms with E-state index < -0.39 is 0 Å². The summed E-state index contributed by atoms with van der Waals surface area (Å²) < 4.78 is 0. The molecule has 6 heteroatoms. The first-order chi connectivity index (χ1) is 11.0. The fourth-order valence-corrected chi connectivity index (χ4v) is 2.93. The summed E-state index contributed by atoms with van der Waals surface area (Å²) in [5.74, 6) is 2.22. The second-order valence-corrected chi connectivity index (χ2v) is 6.45. The Hall–Kier alpha value is -2.24. The molecule has 2 N–H and O–H groups in total. The summed E-state index contributed by atoms with van der Waals surface area (Å²) >= 11 is 0. The van der Waals surface area contributed by atoms with Gasteiger partial charge in [-0.05, 0) is 25.8 Å². The van der Waals surface area contributed by atoms with Crippen molar-refractivity contribution < 1.29 is 4.79 Å². The molecule has 2 aromatic rings. The van der Waals surface area contributed by atoms with Crippen LogP contribution in [0.1, 0.15) is 54.9 Å². The number of rotatable bonds is 4. The molecule has 0 aromatic carbocycles. The smallest absolute Gasteiger partial charge is 0.223 e. The van der Waals surface area contributed by atoms with Crippen LogP contribution in [-0.2, 0) is 24.2 Å². The lowest BCUT2D eigenvalue weighted by molar-refractivity contribution is -0.125. The molecule has 0 fully saturated rings. The van der Waals surface area contributed by atoms with Gasteiger partial charge in [-0.3, -0.25) is 4.79 Å². The highest BCUT2D eigenvalue weighted by Crippen LogP contribution is 2.26. The summed E-state index contributed by atoms with van der Waals surface area (Å²) in [6, 6.07) is 1.83. The van der Waals surface area contributed by atoms with Gasteiger partial charge in [-0.1, -0.05) is 13.8 Å². The van der Waals surface area contributed by atoms with Gasteiger partial charge in [0.05, 0.1) is 17.9 Å². The highest BCUT2D eigenvalue weighted by molar-refractivity contribution is 5.79. The molecule has 23 heavy (non-hydrogen) atoms. The van der Waals surface area contributed by atoms with Gasteiger partial charge in [0, 0.05) is 30.1 Å². The van der Waals surface area contributed by atoms with Crippen molar-refractivity contribution in [2.45, 2.75) is 52.5 Å². The van der Waals surface area contributed by atoms with Crippen LogP contribution in [0.3, 0.4) is 0 Å². The van der Waals surface area contributed by atoms with Gasteiger partial charge in [0.25, 0.3) is 0 Å². The lowest BCUT2D eigenvalue weighted by Gasteiger charge is -2.20. The standard InChI is InChI=1S/C17H23N5O/c1-10(2)16-21-14-5-4-12(8-15(14)22-16)17(23)19-9-13-6-7-18-11(3)20-13/h6-7,10,12H,4-5,8-9H2,1-3H3,(H,19,23)(H,21,22). The number of carbonyl (C=O) groups excluding carboxylic acids is 1. The van der Waals surface area contributed by atoms with Gasteiger partial charge >= 0.3 is 0 Å². The van der Waals surface area contributed by atoms with Crippen LogP contribution in [0.2, 0.25) is 0 Å². The Morgan fingerprint density at radius 1 is 1.43 bits per heavy atom. The van der Waals surface area contributed by atoms with E-state index in [-0.39, 0.29) is 11.8 Å². The van der Waals surface area contributed by atoms with E-state index >= 15 is 0 Å². The van der Waals surface area contributed by atoms with Gasteiger partial charge in [0.1, 0.15) is 11.6 Å². The van der Waals surface area contributed by atoms with Gasteiger partial charge < -0.3 is 10.3 Å². The molecule has 0 spiro atoms. The molecule has 1 amide bonds. The van der Waals surface area contributed by atoms with Crippen LogP contribution in [0.5, 0.6) is 0 Å². The van der Waals surface area contributed by atoms with Crippen LogP contribution in [0.4, 0.5) is 0 Å². The Balaban J connectivity index is 1.60. The minimum atomic E-state index is 0.00546. The Morgan fingerprint density at radius 2 is 2.26 bits per heavy atom. The quantitative estimate of drug-likeness (QED) is 0.905. The molecule has 0 bridgehead atoms. The fraction of sp³-hybridized carbons (Fsp3) is 0.529. The number of aryl methyl sites for hydroxylation is 2. The average Bonchev–Trinajstić information content (AvgIpc) is 2.96. The molecule has 1 aliphatic carbocycles. The van der Waals surface area contributed by atoms with Gasteiger partial charge in [-0.2, -0.15) is 0 Å². The van der Waals surface area contributed by atoms with E-state index in [0.29, 0.717) is 12.5 Å². The van der Waals surface area contributed by atoms with Gasteiger partial charge in [-0.15, -0.1) is 0 Å². The molecule has 0 saturated carbocycles. The van der Waals surface area contributed by atoms with E-state index in [0.717, 1.165) is 48.0 Å². The number of hydrogen-bond acceptors (Lipinski definition) is 4. The van der Waals surface area contributed by atoms with E-state index in [1.54, 1.807) is 6.20 Å². The van der Waals surface area contributed by atoms with Crippen molar-refractivity contribution in [2.24, 2.45) is 5.92 Å². The third kappa shape index (κ3) is 3.57. The number of carbonyl (C=O) groups is 1.